The Bertz CT molecular complexity index is 1690. The van der Waals surface area contributed by atoms with Gasteiger partial charge in [-0.3, -0.25) is 24.2 Å². The number of nitrogens with one attached hydrogen (secondary N) is 1. The summed E-state index contributed by atoms with van der Waals surface area (Å²) in [6.45, 7) is 2.15. The number of aromatic nitrogens is 1. The lowest BCUT2D eigenvalue weighted by molar-refractivity contribution is -0.253. The molecule has 6 rings (SSSR count). The lowest BCUT2D eigenvalue weighted by Gasteiger charge is -2.48. The van der Waals surface area contributed by atoms with Crippen LogP contribution in [0.2, 0.25) is 10.0 Å². The van der Waals surface area contributed by atoms with Gasteiger partial charge in [0.05, 0.1) is 40.5 Å². The average Bonchev–Trinajstić information content (AvgIpc) is 3.86. The predicted octanol–water partition coefficient (Wildman–Crippen LogP) is 5.60. The second-order valence-corrected chi connectivity index (χ2v) is 14.1. The average molecular weight is 716 g/mol. The summed E-state index contributed by atoms with van der Waals surface area (Å²) in [6, 6.07) is 10.9. The molecule has 264 valence electrons. The van der Waals surface area contributed by atoms with E-state index in [-0.39, 0.29) is 46.5 Å². The van der Waals surface area contributed by atoms with Gasteiger partial charge in [0.25, 0.3) is 5.91 Å². The van der Waals surface area contributed by atoms with Crippen molar-refractivity contribution in [2.45, 2.75) is 69.1 Å². The highest BCUT2D eigenvalue weighted by Gasteiger charge is 2.56. The van der Waals surface area contributed by atoms with Gasteiger partial charge in [-0.25, -0.2) is 0 Å². The van der Waals surface area contributed by atoms with Crippen LogP contribution in [0.15, 0.2) is 42.6 Å². The zero-order valence-electron chi connectivity index (χ0n) is 28.1. The lowest BCUT2D eigenvalue weighted by atomic mass is 9.87. The third-order valence-corrected chi connectivity index (χ3v) is 11.0. The van der Waals surface area contributed by atoms with E-state index >= 15 is 0 Å². The molecule has 3 atom stereocenters. The number of carboxylic acids is 1. The molecule has 1 aliphatic carbocycles. The van der Waals surface area contributed by atoms with Gasteiger partial charge in [-0.2, -0.15) is 0 Å². The monoisotopic (exact) mass is 714 g/mol. The number of aliphatic carboxylic acids is 1. The molecule has 2 N–H and O–H groups in total. The van der Waals surface area contributed by atoms with Gasteiger partial charge in [-0.1, -0.05) is 41.4 Å². The Labute approximate surface area is 296 Å². The minimum absolute atomic E-state index is 0.0805. The maximum atomic E-state index is 14.9. The molecule has 11 nitrogen and oxygen atoms in total. The number of benzene rings is 2. The van der Waals surface area contributed by atoms with Crippen LogP contribution in [0.4, 0.5) is 5.69 Å². The van der Waals surface area contributed by atoms with Gasteiger partial charge in [0, 0.05) is 76.0 Å². The number of para-hydroxylation sites is 1. The van der Waals surface area contributed by atoms with Gasteiger partial charge >= 0.3 is 5.97 Å². The fourth-order valence-corrected chi connectivity index (χ4v) is 8.18. The summed E-state index contributed by atoms with van der Waals surface area (Å²) in [6.07, 6.45) is 4.71. The van der Waals surface area contributed by atoms with Gasteiger partial charge in [-0.05, 0) is 62.3 Å². The number of aryl methyl sites for hydroxylation is 1. The van der Waals surface area contributed by atoms with Crippen LogP contribution in [0.5, 0.6) is 0 Å². The summed E-state index contributed by atoms with van der Waals surface area (Å²) in [7, 11) is 5.15. The van der Waals surface area contributed by atoms with Crippen molar-refractivity contribution < 1.29 is 33.7 Å². The standard InChI is InChI=1S/C36H44Cl2N4O7/c1-40-19-26(25-8-4-5-9-30(25)40)34(44)39-29-18-27(37)23(16-28(29)38)17-33(43)36(41-14-6-7-15-41,42-20-31(47-2)32(21-42)48-3)49-24-12-10-22(11-13-24)35(45)46/h4-5,8-9,16,18-19,22,24,31-32H,6-7,10-15,17,20-21H2,1-3H3,(H,39,44)(H,45,46)/t22?,24?,31-,32+,36?. The molecule has 0 radical (unpaired) electrons. The van der Waals surface area contributed by atoms with Crippen LogP contribution in [-0.4, -0.2) is 102 Å². The van der Waals surface area contributed by atoms with Crippen LogP contribution in [0, 0.1) is 5.92 Å². The quantitative estimate of drug-likeness (QED) is 0.247. The number of ether oxygens (including phenoxy) is 3. The molecule has 3 heterocycles. The molecule has 3 fully saturated rings. The number of Topliss-reactive ketones (excluding diaryl/α,β-unsaturated/α-hetero) is 1. The fraction of sp³-hybridized carbons (Fsp3) is 0.528. The highest BCUT2D eigenvalue weighted by Crippen LogP contribution is 2.39. The molecule has 3 aromatic rings. The van der Waals surface area contributed by atoms with Crippen molar-refractivity contribution in [1.82, 2.24) is 14.4 Å². The van der Waals surface area contributed by atoms with Crippen LogP contribution in [0.1, 0.15) is 54.4 Å². The first kappa shape index (κ1) is 35.8. The summed E-state index contributed by atoms with van der Waals surface area (Å²) in [5, 5.41) is 13.8. The van der Waals surface area contributed by atoms with Crippen LogP contribution >= 0.6 is 23.2 Å². The summed E-state index contributed by atoms with van der Waals surface area (Å²) in [5.74, 6) is -3.19. The van der Waals surface area contributed by atoms with Crippen molar-refractivity contribution in [2.24, 2.45) is 13.0 Å². The highest BCUT2D eigenvalue weighted by atomic mass is 35.5. The van der Waals surface area contributed by atoms with E-state index in [0.29, 0.717) is 68.7 Å². The van der Waals surface area contributed by atoms with Crippen molar-refractivity contribution in [2.75, 3.05) is 45.7 Å². The first-order valence-electron chi connectivity index (χ1n) is 16.9. The third-order valence-electron chi connectivity index (χ3n) is 10.4. The topological polar surface area (TPSA) is 123 Å². The first-order valence-corrected chi connectivity index (χ1v) is 17.6. The number of carbonyl (C=O) groups is 3. The van der Waals surface area contributed by atoms with E-state index in [9.17, 15) is 19.5 Å². The lowest BCUT2D eigenvalue weighted by Crippen LogP contribution is -2.67. The molecule has 1 amide bonds. The Balaban J connectivity index is 1.29. The summed E-state index contributed by atoms with van der Waals surface area (Å²) < 4.78 is 20.4. The molecule has 2 aliphatic heterocycles. The number of likely N-dealkylation sites (tertiary alicyclic amines) is 2. The van der Waals surface area contributed by atoms with Crippen LogP contribution in [0.3, 0.4) is 0 Å². The molecule has 1 saturated carbocycles. The Kier molecular flexibility index (Phi) is 11.0. The zero-order valence-corrected chi connectivity index (χ0v) is 29.6. The number of carbonyl (C=O) groups excluding carboxylic acids is 2. The van der Waals surface area contributed by atoms with Gasteiger partial charge in [0.2, 0.25) is 5.85 Å². The molecular formula is C36H44Cl2N4O7. The van der Waals surface area contributed by atoms with Crippen LogP contribution in [0.25, 0.3) is 10.9 Å². The molecular weight excluding hydrogens is 671 g/mol. The number of ketones is 1. The number of carboxylic acid groups (broad SMARTS) is 1. The molecule has 1 unspecified atom stereocenters. The normalized spacial score (nSPS) is 24.7. The second-order valence-electron chi connectivity index (χ2n) is 13.3. The summed E-state index contributed by atoms with van der Waals surface area (Å²) in [5.41, 5.74) is 2.27. The van der Waals surface area contributed by atoms with E-state index in [2.05, 4.69) is 10.2 Å². The van der Waals surface area contributed by atoms with Crippen molar-refractivity contribution in [1.29, 1.82) is 0 Å². The van der Waals surface area contributed by atoms with Crippen LogP contribution in [-0.2, 0) is 37.3 Å². The molecule has 13 heteroatoms. The Morgan fingerprint density at radius 2 is 1.59 bits per heavy atom. The molecule has 3 aliphatic rings. The van der Waals surface area contributed by atoms with Gasteiger partial charge in [0.1, 0.15) is 0 Å². The number of rotatable bonds is 12. The summed E-state index contributed by atoms with van der Waals surface area (Å²) >= 11 is 13.6. The van der Waals surface area contributed by atoms with Crippen molar-refractivity contribution in [3.63, 3.8) is 0 Å². The molecule has 2 aromatic carbocycles. The SMILES string of the molecule is CO[C@H]1CN(C(OC2CCC(C(=O)O)CC2)(C(=O)Cc2cc(Cl)c(NC(=O)c3cn(C)c4ccccc34)cc2Cl)N2CCCC2)C[C@H]1OC. The number of amides is 1. The maximum Gasteiger partial charge on any atom is 0.306 e. The third kappa shape index (κ3) is 7.12. The number of hydrogen-bond acceptors (Lipinski definition) is 8. The van der Waals surface area contributed by atoms with Crippen molar-refractivity contribution >= 4 is 57.5 Å². The van der Waals surface area contributed by atoms with Gasteiger partial charge in [-0.15, -0.1) is 0 Å². The van der Waals surface area contributed by atoms with E-state index in [1.165, 1.54) is 0 Å². The largest absolute Gasteiger partial charge is 0.481 e. The number of methoxy groups -OCH3 is 2. The van der Waals surface area contributed by atoms with E-state index in [1.54, 1.807) is 32.5 Å². The van der Waals surface area contributed by atoms with Crippen LogP contribution < -0.4 is 5.32 Å². The van der Waals surface area contributed by atoms with Crippen molar-refractivity contribution in [3.8, 4) is 0 Å². The minimum atomic E-state index is -1.45. The zero-order chi connectivity index (χ0) is 34.9. The Hall–Kier alpha value is -3.03. The number of halogens is 2. The Morgan fingerprint density at radius 3 is 2.22 bits per heavy atom. The predicted molar refractivity (Wildman–Crippen MR) is 187 cm³/mol. The van der Waals surface area contributed by atoms with Gasteiger partial charge in [0.15, 0.2) is 5.78 Å². The fourth-order valence-electron chi connectivity index (χ4n) is 7.71. The molecule has 0 spiro atoms. The highest BCUT2D eigenvalue weighted by molar-refractivity contribution is 6.36. The molecule has 0 bridgehead atoms. The smallest absolute Gasteiger partial charge is 0.306 e. The number of nitrogens with zero attached hydrogens (tertiary/aromatic N) is 3. The molecule has 49 heavy (non-hydrogen) atoms. The number of hydrogen-bond donors (Lipinski definition) is 2. The van der Waals surface area contributed by atoms with E-state index in [1.807, 2.05) is 40.8 Å². The van der Waals surface area contributed by atoms with E-state index in [4.69, 9.17) is 37.4 Å². The number of fused-ring (bicyclic) bond motifs is 1. The minimum Gasteiger partial charge on any atom is -0.481 e. The second kappa shape index (κ2) is 15.1. The van der Waals surface area contributed by atoms with E-state index in [0.717, 1.165) is 23.7 Å². The molecule has 1 aromatic heterocycles. The first-order chi connectivity index (χ1) is 23.5. The Morgan fingerprint density at radius 1 is 0.939 bits per heavy atom. The molecule has 2 saturated heterocycles. The van der Waals surface area contributed by atoms with E-state index < -0.39 is 17.7 Å². The number of anilines is 1. The van der Waals surface area contributed by atoms with Crippen molar-refractivity contribution in [3.05, 3.63) is 63.8 Å². The maximum absolute atomic E-state index is 14.9. The summed E-state index contributed by atoms with van der Waals surface area (Å²) in [4.78, 5) is 44.1. The van der Waals surface area contributed by atoms with Gasteiger partial charge < -0.3 is 29.2 Å².